The Morgan fingerprint density at radius 2 is 1.91 bits per heavy atom. The van der Waals surface area contributed by atoms with E-state index in [1.165, 1.54) is 43.6 Å². The third kappa shape index (κ3) is 4.37. The van der Waals surface area contributed by atoms with Crippen LogP contribution >= 0.6 is 11.6 Å². The lowest BCUT2D eigenvalue weighted by Gasteiger charge is -2.13. The molecule has 2 aromatic carbocycles. The van der Waals surface area contributed by atoms with Crippen LogP contribution in [0.3, 0.4) is 0 Å². The van der Waals surface area contributed by atoms with Crippen molar-refractivity contribution in [3.05, 3.63) is 81.2 Å². The summed E-state index contributed by atoms with van der Waals surface area (Å²) >= 11 is 6.32. The molecule has 0 fully saturated rings. The average molecular weight is 490 g/mol. The fourth-order valence-corrected chi connectivity index (χ4v) is 3.51. The molecule has 1 amide bonds. The number of fused-ring (bicyclic) bond motifs is 1. The summed E-state index contributed by atoms with van der Waals surface area (Å²) in [7, 11) is 1.27. The van der Waals surface area contributed by atoms with Gasteiger partial charge in [0.25, 0.3) is 11.5 Å². The number of hydrogen-bond acceptors (Lipinski definition) is 6. The SMILES string of the molecule is COn1c(=O)c(-c2cc(NC(=O)c3cccc(C(F)(F)F)c3)ccc2Cl)cc2cnc(N)nc21. The van der Waals surface area contributed by atoms with Gasteiger partial charge < -0.3 is 15.9 Å². The number of halogens is 4. The first-order valence-electron chi connectivity index (χ1n) is 9.60. The van der Waals surface area contributed by atoms with Gasteiger partial charge in [-0.1, -0.05) is 17.7 Å². The molecule has 4 aromatic rings. The normalized spacial score (nSPS) is 11.4. The molecule has 4 rings (SSSR count). The second-order valence-electron chi connectivity index (χ2n) is 7.07. The van der Waals surface area contributed by atoms with Gasteiger partial charge in [0.15, 0.2) is 5.65 Å². The molecule has 0 saturated carbocycles. The van der Waals surface area contributed by atoms with Crippen LogP contribution in [0.5, 0.6) is 0 Å². The number of alkyl halides is 3. The van der Waals surface area contributed by atoms with Crippen LogP contribution in [0.2, 0.25) is 5.02 Å². The zero-order valence-corrected chi connectivity index (χ0v) is 18.1. The number of benzene rings is 2. The monoisotopic (exact) mass is 489 g/mol. The van der Waals surface area contributed by atoms with Crippen molar-refractivity contribution in [2.24, 2.45) is 0 Å². The van der Waals surface area contributed by atoms with Gasteiger partial charge in [-0.3, -0.25) is 9.59 Å². The van der Waals surface area contributed by atoms with E-state index in [1.807, 2.05) is 0 Å². The van der Waals surface area contributed by atoms with E-state index in [0.717, 1.165) is 22.9 Å². The predicted molar refractivity (Wildman–Crippen MR) is 121 cm³/mol. The number of nitrogens with one attached hydrogen (secondary N) is 1. The second-order valence-corrected chi connectivity index (χ2v) is 7.48. The van der Waals surface area contributed by atoms with Crippen molar-refractivity contribution in [1.82, 2.24) is 14.7 Å². The van der Waals surface area contributed by atoms with E-state index in [9.17, 15) is 22.8 Å². The Morgan fingerprint density at radius 1 is 1.15 bits per heavy atom. The zero-order chi connectivity index (χ0) is 24.6. The van der Waals surface area contributed by atoms with Crippen LogP contribution in [0.4, 0.5) is 24.8 Å². The summed E-state index contributed by atoms with van der Waals surface area (Å²) in [6, 6.07) is 9.83. The average Bonchev–Trinajstić information content (AvgIpc) is 2.80. The van der Waals surface area contributed by atoms with Gasteiger partial charge in [-0.2, -0.15) is 18.2 Å². The Morgan fingerprint density at radius 3 is 2.62 bits per heavy atom. The van der Waals surface area contributed by atoms with Crippen LogP contribution in [0.1, 0.15) is 15.9 Å². The van der Waals surface area contributed by atoms with Crippen molar-refractivity contribution < 1.29 is 22.8 Å². The molecule has 0 atom stereocenters. The molecule has 0 saturated heterocycles. The molecule has 0 bridgehead atoms. The van der Waals surface area contributed by atoms with Gasteiger partial charge in [-0.15, -0.1) is 4.73 Å². The molecule has 0 aliphatic heterocycles. The number of amides is 1. The molecule has 0 aliphatic carbocycles. The van der Waals surface area contributed by atoms with Crippen molar-refractivity contribution >= 4 is 40.2 Å². The predicted octanol–water partition coefficient (Wildman–Crippen LogP) is 4.02. The van der Waals surface area contributed by atoms with Crippen LogP contribution in [0.25, 0.3) is 22.2 Å². The molecule has 2 aromatic heterocycles. The summed E-state index contributed by atoms with van der Waals surface area (Å²) < 4.78 is 39.8. The van der Waals surface area contributed by atoms with Gasteiger partial charge in [0.05, 0.1) is 11.1 Å². The number of nitrogen functional groups attached to an aromatic ring is 1. The first kappa shape index (κ1) is 23.1. The third-order valence-electron chi connectivity index (χ3n) is 4.87. The molecule has 34 heavy (non-hydrogen) atoms. The Bertz CT molecular complexity index is 1490. The fraction of sp³-hybridized carbons (Fsp3) is 0.0909. The number of nitrogens with zero attached hydrogens (tertiary/aromatic N) is 3. The largest absolute Gasteiger partial charge is 0.416 e. The lowest BCUT2D eigenvalue weighted by molar-refractivity contribution is -0.137. The van der Waals surface area contributed by atoms with E-state index in [0.29, 0.717) is 5.39 Å². The van der Waals surface area contributed by atoms with E-state index in [2.05, 4.69) is 15.3 Å². The molecular formula is C22H15ClF3N5O3. The minimum Gasteiger partial charge on any atom is -0.412 e. The summed E-state index contributed by atoms with van der Waals surface area (Å²) in [6.07, 6.45) is -3.18. The van der Waals surface area contributed by atoms with Gasteiger partial charge in [-0.25, -0.2) is 4.98 Å². The van der Waals surface area contributed by atoms with Gasteiger partial charge >= 0.3 is 6.18 Å². The highest BCUT2D eigenvalue weighted by Crippen LogP contribution is 2.32. The fourth-order valence-electron chi connectivity index (χ4n) is 3.29. The molecule has 2 heterocycles. The molecule has 0 spiro atoms. The highest BCUT2D eigenvalue weighted by Gasteiger charge is 2.31. The number of pyridine rings is 1. The van der Waals surface area contributed by atoms with Crippen LogP contribution < -0.4 is 21.4 Å². The van der Waals surface area contributed by atoms with Crippen molar-refractivity contribution in [2.45, 2.75) is 6.18 Å². The number of carbonyl (C=O) groups is 1. The maximum atomic E-state index is 13.0. The van der Waals surface area contributed by atoms with Gasteiger partial charge in [-0.05, 0) is 42.5 Å². The molecule has 12 heteroatoms. The van der Waals surface area contributed by atoms with E-state index in [-0.39, 0.29) is 39.0 Å². The lowest BCUT2D eigenvalue weighted by Crippen LogP contribution is -2.27. The Kier molecular flexibility index (Phi) is 5.88. The summed E-state index contributed by atoms with van der Waals surface area (Å²) in [4.78, 5) is 38.7. The number of anilines is 2. The molecule has 0 aliphatic rings. The number of nitrogens with two attached hydrogens (primary N) is 1. The summed E-state index contributed by atoms with van der Waals surface area (Å²) in [6.45, 7) is 0. The molecule has 3 N–H and O–H groups in total. The molecule has 0 unspecified atom stereocenters. The van der Waals surface area contributed by atoms with Gasteiger partial charge in [0.1, 0.15) is 7.11 Å². The van der Waals surface area contributed by atoms with E-state index < -0.39 is 23.2 Å². The minimum atomic E-state index is -4.59. The van der Waals surface area contributed by atoms with Crippen molar-refractivity contribution in [3.63, 3.8) is 0 Å². The maximum absolute atomic E-state index is 13.0. The first-order valence-corrected chi connectivity index (χ1v) is 9.97. The van der Waals surface area contributed by atoms with Crippen LogP contribution in [-0.2, 0) is 6.18 Å². The van der Waals surface area contributed by atoms with E-state index >= 15 is 0 Å². The lowest BCUT2D eigenvalue weighted by atomic mass is 10.0. The number of aromatic nitrogens is 3. The summed E-state index contributed by atoms with van der Waals surface area (Å²) in [5.41, 5.74) is 4.58. The smallest absolute Gasteiger partial charge is 0.412 e. The van der Waals surface area contributed by atoms with E-state index in [4.69, 9.17) is 22.2 Å². The highest BCUT2D eigenvalue weighted by atomic mass is 35.5. The van der Waals surface area contributed by atoms with Crippen LogP contribution in [0.15, 0.2) is 59.5 Å². The Hall–Kier alpha value is -4.12. The van der Waals surface area contributed by atoms with Crippen molar-refractivity contribution in [3.8, 4) is 11.1 Å². The van der Waals surface area contributed by atoms with Crippen LogP contribution in [-0.4, -0.2) is 27.7 Å². The third-order valence-corrected chi connectivity index (χ3v) is 5.20. The van der Waals surface area contributed by atoms with Gasteiger partial charge in [0.2, 0.25) is 5.95 Å². The zero-order valence-electron chi connectivity index (χ0n) is 17.4. The highest BCUT2D eigenvalue weighted by molar-refractivity contribution is 6.33. The van der Waals surface area contributed by atoms with Crippen molar-refractivity contribution in [2.75, 3.05) is 18.2 Å². The maximum Gasteiger partial charge on any atom is 0.416 e. The molecule has 174 valence electrons. The van der Waals surface area contributed by atoms with E-state index in [1.54, 1.807) is 0 Å². The standard InChI is InChI=1S/C22H15ClF3N5O3/c1-34-31-18-12(10-28-21(27)30-18)8-16(20(31)33)15-9-14(5-6-17(15)23)29-19(32)11-3-2-4-13(7-11)22(24,25)26/h2-10H,1H3,(H,29,32)(H2,27,28,30). The Labute approximate surface area is 194 Å². The summed E-state index contributed by atoms with van der Waals surface area (Å²) in [5.74, 6) is -0.821. The quantitative estimate of drug-likeness (QED) is 0.448. The number of hydrogen-bond donors (Lipinski definition) is 2. The number of rotatable bonds is 4. The van der Waals surface area contributed by atoms with Crippen molar-refractivity contribution in [1.29, 1.82) is 0 Å². The topological polar surface area (TPSA) is 112 Å². The molecular weight excluding hydrogens is 475 g/mol. The molecule has 8 nitrogen and oxygen atoms in total. The number of carbonyl (C=O) groups excluding carboxylic acids is 1. The summed E-state index contributed by atoms with van der Waals surface area (Å²) in [5, 5.41) is 3.14. The van der Waals surface area contributed by atoms with Gasteiger partial charge in [0, 0.05) is 33.4 Å². The Balaban J connectivity index is 1.75. The second kappa shape index (κ2) is 8.67. The van der Waals surface area contributed by atoms with Crippen LogP contribution in [0, 0.1) is 0 Å². The first-order chi connectivity index (χ1) is 16.1. The minimum absolute atomic E-state index is 0.0530. The molecule has 0 radical (unpaired) electrons.